The summed E-state index contributed by atoms with van der Waals surface area (Å²) in [5.41, 5.74) is 3.94. The number of amides is 2. The highest BCUT2D eigenvalue weighted by atomic mass is 32.2. The number of hydrogen-bond acceptors (Lipinski definition) is 5. The summed E-state index contributed by atoms with van der Waals surface area (Å²) in [6, 6.07) is 15.8. The van der Waals surface area contributed by atoms with Crippen LogP contribution in [0.4, 0.5) is 16.4 Å². The van der Waals surface area contributed by atoms with Crippen LogP contribution in [0.3, 0.4) is 0 Å². The fourth-order valence-corrected chi connectivity index (χ4v) is 3.71. The molecule has 1 atom stereocenters. The van der Waals surface area contributed by atoms with Crippen molar-refractivity contribution in [2.24, 2.45) is 7.05 Å². The molecule has 0 saturated carbocycles. The Bertz CT molecular complexity index is 965. The van der Waals surface area contributed by atoms with Gasteiger partial charge in [-0.3, -0.25) is 14.9 Å². The number of carbonyl (C=O) groups excluding carboxylic acids is 2. The van der Waals surface area contributed by atoms with E-state index in [0.717, 1.165) is 40.0 Å². The summed E-state index contributed by atoms with van der Waals surface area (Å²) in [5.74, 6) is 0.558. The standard InChI is InChI=1S/C18H16N4O2S/c1-22-14-5-3-2-4-13(14)20-17(22)19-12-8-6-11(7-9-12)10-15-16(23)21-18(24)25-15/h2-9,15H,10H2,1H3,(H,19,20)(H,21,23,24). The van der Waals surface area contributed by atoms with Crippen LogP contribution >= 0.6 is 11.8 Å². The lowest BCUT2D eigenvalue weighted by atomic mass is 10.1. The lowest BCUT2D eigenvalue weighted by molar-refractivity contribution is -0.118. The normalized spacial score (nSPS) is 17.1. The molecule has 3 aromatic rings. The number of imide groups is 1. The van der Waals surface area contributed by atoms with Crippen molar-refractivity contribution >= 4 is 45.6 Å². The molecule has 0 radical (unpaired) electrons. The molecule has 0 spiro atoms. The number of para-hydroxylation sites is 2. The molecule has 2 aromatic carbocycles. The SMILES string of the molecule is Cn1c(Nc2ccc(CC3SC(=O)NC3=O)cc2)nc2ccccc21. The van der Waals surface area contributed by atoms with Gasteiger partial charge >= 0.3 is 0 Å². The van der Waals surface area contributed by atoms with Crippen molar-refractivity contribution in [2.45, 2.75) is 11.7 Å². The fraction of sp³-hybridized carbons (Fsp3) is 0.167. The lowest BCUT2D eigenvalue weighted by Gasteiger charge is -2.09. The van der Waals surface area contributed by atoms with Gasteiger partial charge in [-0.2, -0.15) is 0 Å². The van der Waals surface area contributed by atoms with Crippen molar-refractivity contribution in [3.05, 3.63) is 54.1 Å². The highest BCUT2D eigenvalue weighted by molar-refractivity contribution is 8.15. The Hall–Kier alpha value is -2.80. The van der Waals surface area contributed by atoms with Gasteiger partial charge in [-0.1, -0.05) is 36.0 Å². The first kappa shape index (κ1) is 15.7. The second-order valence-electron chi connectivity index (χ2n) is 5.89. The Balaban J connectivity index is 1.49. The molecule has 1 aliphatic rings. The van der Waals surface area contributed by atoms with E-state index in [4.69, 9.17) is 0 Å². The molecule has 25 heavy (non-hydrogen) atoms. The van der Waals surface area contributed by atoms with Gasteiger partial charge in [-0.15, -0.1) is 0 Å². The maximum absolute atomic E-state index is 11.6. The van der Waals surface area contributed by atoms with Gasteiger partial charge in [-0.05, 0) is 36.2 Å². The molecule has 0 aliphatic carbocycles. The number of carbonyl (C=O) groups is 2. The molecule has 4 rings (SSSR count). The van der Waals surface area contributed by atoms with E-state index in [2.05, 4.69) is 15.6 Å². The molecule has 126 valence electrons. The van der Waals surface area contributed by atoms with Gasteiger partial charge in [0.2, 0.25) is 11.9 Å². The first-order chi connectivity index (χ1) is 12.1. The van der Waals surface area contributed by atoms with Gasteiger partial charge in [0, 0.05) is 12.7 Å². The van der Waals surface area contributed by atoms with Crippen LogP contribution in [-0.4, -0.2) is 25.9 Å². The monoisotopic (exact) mass is 352 g/mol. The number of imidazole rings is 1. The minimum Gasteiger partial charge on any atom is -0.326 e. The van der Waals surface area contributed by atoms with E-state index < -0.39 is 0 Å². The number of nitrogens with one attached hydrogen (secondary N) is 2. The Kier molecular flexibility index (Phi) is 3.93. The highest BCUT2D eigenvalue weighted by Crippen LogP contribution is 2.25. The minimum absolute atomic E-state index is 0.211. The predicted octanol–water partition coefficient (Wildman–Crippen LogP) is 3.21. The van der Waals surface area contributed by atoms with Crippen LogP contribution in [0.5, 0.6) is 0 Å². The number of rotatable bonds is 4. The summed E-state index contributed by atoms with van der Waals surface area (Å²) in [5, 5.41) is 5.01. The highest BCUT2D eigenvalue weighted by Gasteiger charge is 2.31. The van der Waals surface area contributed by atoms with Crippen LogP contribution in [0.25, 0.3) is 11.0 Å². The second kappa shape index (κ2) is 6.25. The van der Waals surface area contributed by atoms with E-state index >= 15 is 0 Å². The summed E-state index contributed by atoms with van der Waals surface area (Å²) in [6.45, 7) is 0. The fourth-order valence-electron chi connectivity index (χ4n) is 2.85. The lowest BCUT2D eigenvalue weighted by Crippen LogP contribution is -2.25. The van der Waals surface area contributed by atoms with Crippen LogP contribution in [0.1, 0.15) is 5.56 Å². The zero-order valence-corrected chi connectivity index (χ0v) is 14.3. The Morgan fingerprint density at radius 2 is 1.92 bits per heavy atom. The van der Waals surface area contributed by atoms with Crippen molar-refractivity contribution in [1.82, 2.24) is 14.9 Å². The van der Waals surface area contributed by atoms with E-state index in [0.29, 0.717) is 6.42 Å². The summed E-state index contributed by atoms with van der Waals surface area (Å²) in [6.07, 6.45) is 0.537. The van der Waals surface area contributed by atoms with Gasteiger partial charge in [0.1, 0.15) is 0 Å². The Morgan fingerprint density at radius 1 is 1.16 bits per heavy atom. The maximum Gasteiger partial charge on any atom is 0.286 e. The van der Waals surface area contributed by atoms with E-state index in [9.17, 15) is 9.59 Å². The summed E-state index contributed by atoms with van der Waals surface area (Å²) in [7, 11) is 1.97. The number of fused-ring (bicyclic) bond motifs is 1. The second-order valence-corrected chi connectivity index (χ2v) is 7.07. The van der Waals surface area contributed by atoms with Crippen molar-refractivity contribution in [3.63, 3.8) is 0 Å². The number of aromatic nitrogens is 2. The first-order valence-electron chi connectivity index (χ1n) is 7.89. The van der Waals surface area contributed by atoms with Gasteiger partial charge in [0.25, 0.3) is 5.24 Å². The number of anilines is 2. The minimum atomic E-state index is -0.342. The molecule has 1 saturated heterocycles. The summed E-state index contributed by atoms with van der Waals surface area (Å²) in [4.78, 5) is 27.5. The van der Waals surface area contributed by atoms with Crippen molar-refractivity contribution in [2.75, 3.05) is 5.32 Å². The molecule has 2 amide bonds. The molecule has 1 fully saturated rings. The van der Waals surface area contributed by atoms with E-state index in [1.807, 2.05) is 60.1 Å². The smallest absolute Gasteiger partial charge is 0.286 e. The largest absolute Gasteiger partial charge is 0.326 e. The molecule has 6 nitrogen and oxygen atoms in total. The number of thioether (sulfide) groups is 1. The van der Waals surface area contributed by atoms with Crippen molar-refractivity contribution < 1.29 is 9.59 Å². The van der Waals surface area contributed by atoms with E-state index in [-0.39, 0.29) is 16.4 Å². The third-order valence-electron chi connectivity index (χ3n) is 4.19. The molecular formula is C18H16N4O2S. The van der Waals surface area contributed by atoms with E-state index in [1.165, 1.54) is 0 Å². The zero-order valence-electron chi connectivity index (χ0n) is 13.5. The van der Waals surface area contributed by atoms with Crippen LogP contribution < -0.4 is 10.6 Å². The summed E-state index contributed by atoms with van der Waals surface area (Å²) >= 11 is 1.05. The number of benzene rings is 2. The average Bonchev–Trinajstić information content (AvgIpc) is 3.09. The number of hydrogen-bond donors (Lipinski definition) is 2. The van der Waals surface area contributed by atoms with Crippen LogP contribution in [0.2, 0.25) is 0 Å². The maximum atomic E-state index is 11.6. The zero-order chi connectivity index (χ0) is 17.4. The third-order valence-corrected chi connectivity index (χ3v) is 5.17. The number of nitrogens with zero attached hydrogens (tertiary/aromatic N) is 2. The molecule has 1 unspecified atom stereocenters. The predicted molar refractivity (Wildman–Crippen MR) is 99.1 cm³/mol. The van der Waals surface area contributed by atoms with Gasteiger partial charge < -0.3 is 9.88 Å². The molecule has 1 aliphatic heterocycles. The Morgan fingerprint density at radius 3 is 2.60 bits per heavy atom. The average molecular weight is 352 g/mol. The molecule has 0 bridgehead atoms. The first-order valence-corrected chi connectivity index (χ1v) is 8.77. The van der Waals surface area contributed by atoms with Crippen LogP contribution in [0.15, 0.2) is 48.5 Å². The van der Waals surface area contributed by atoms with Gasteiger partial charge in [0.15, 0.2) is 0 Å². The quantitative estimate of drug-likeness (QED) is 0.754. The third kappa shape index (κ3) is 3.10. The summed E-state index contributed by atoms with van der Waals surface area (Å²) < 4.78 is 2.01. The number of aryl methyl sites for hydroxylation is 1. The molecule has 1 aromatic heterocycles. The van der Waals surface area contributed by atoms with E-state index in [1.54, 1.807) is 0 Å². The van der Waals surface area contributed by atoms with Crippen LogP contribution in [0, 0.1) is 0 Å². The van der Waals surface area contributed by atoms with Crippen LogP contribution in [-0.2, 0) is 18.3 Å². The Labute approximate surface area is 148 Å². The van der Waals surface area contributed by atoms with Crippen molar-refractivity contribution in [3.8, 4) is 0 Å². The molecular weight excluding hydrogens is 336 g/mol. The molecule has 7 heteroatoms. The van der Waals surface area contributed by atoms with Crippen molar-refractivity contribution in [1.29, 1.82) is 0 Å². The van der Waals surface area contributed by atoms with Gasteiger partial charge in [-0.25, -0.2) is 4.98 Å². The molecule has 2 heterocycles. The topological polar surface area (TPSA) is 76.0 Å². The molecule has 2 N–H and O–H groups in total. The van der Waals surface area contributed by atoms with Gasteiger partial charge in [0.05, 0.1) is 16.3 Å².